The molecule has 2 aromatic heterocycles. The maximum Gasteiger partial charge on any atom is 0.271 e. The number of benzene rings is 1. The predicted octanol–water partition coefficient (Wildman–Crippen LogP) is 2.59. The topological polar surface area (TPSA) is 80.1 Å². The SMILES string of the molecule is O=C(NCCc1cccnc1)c1cn2c(n1)C(c1ccccc1)N(C(=O)C1CC1)CC2. The number of imidazole rings is 1. The van der Waals surface area contributed by atoms with E-state index in [9.17, 15) is 9.59 Å². The summed E-state index contributed by atoms with van der Waals surface area (Å²) in [6, 6.07) is 13.6. The number of rotatable bonds is 6. The molecule has 0 bridgehead atoms. The minimum atomic E-state index is -0.264. The standard InChI is InChI=1S/C24H25N5O2/c30-23(26-12-10-17-5-4-11-25-15-17)20-16-28-13-14-29(24(31)19-8-9-19)21(22(28)27-20)18-6-2-1-3-7-18/h1-7,11,15-16,19,21H,8-10,12-14H2,(H,26,30). The van der Waals surface area contributed by atoms with Crippen LogP contribution in [0.15, 0.2) is 61.1 Å². The van der Waals surface area contributed by atoms with Crippen molar-refractivity contribution < 1.29 is 9.59 Å². The Morgan fingerprint density at radius 2 is 1.90 bits per heavy atom. The molecule has 1 aliphatic carbocycles. The monoisotopic (exact) mass is 415 g/mol. The highest BCUT2D eigenvalue weighted by Crippen LogP contribution is 2.38. The highest BCUT2D eigenvalue weighted by atomic mass is 16.2. The Hall–Kier alpha value is -3.48. The number of hydrogen-bond acceptors (Lipinski definition) is 4. The molecule has 5 rings (SSSR count). The van der Waals surface area contributed by atoms with Crippen molar-refractivity contribution in [1.29, 1.82) is 0 Å². The van der Waals surface area contributed by atoms with E-state index >= 15 is 0 Å². The number of hydrogen-bond donors (Lipinski definition) is 1. The van der Waals surface area contributed by atoms with Gasteiger partial charge in [-0.1, -0.05) is 36.4 Å². The van der Waals surface area contributed by atoms with E-state index in [1.807, 2.05) is 58.1 Å². The van der Waals surface area contributed by atoms with E-state index in [2.05, 4.69) is 10.3 Å². The van der Waals surface area contributed by atoms with Crippen LogP contribution in [0, 0.1) is 5.92 Å². The van der Waals surface area contributed by atoms with E-state index in [1.165, 1.54) is 0 Å². The van der Waals surface area contributed by atoms with Crippen LogP contribution in [0.3, 0.4) is 0 Å². The first-order chi connectivity index (χ1) is 15.2. The third-order valence-electron chi connectivity index (χ3n) is 5.93. The van der Waals surface area contributed by atoms with Crippen molar-refractivity contribution in [2.45, 2.75) is 31.8 Å². The van der Waals surface area contributed by atoms with Gasteiger partial charge in [0.1, 0.15) is 17.6 Å². The zero-order chi connectivity index (χ0) is 21.2. The van der Waals surface area contributed by atoms with Crippen molar-refractivity contribution in [3.63, 3.8) is 0 Å². The summed E-state index contributed by atoms with van der Waals surface area (Å²) in [5.41, 5.74) is 2.49. The Balaban J connectivity index is 1.36. The molecule has 7 heteroatoms. The Labute approximate surface area is 181 Å². The fourth-order valence-electron chi connectivity index (χ4n) is 4.14. The molecule has 1 atom stereocenters. The van der Waals surface area contributed by atoms with E-state index in [0.717, 1.165) is 29.8 Å². The normalized spacial score (nSPS) is 17.8. The molecule has 1 saturated carbocycles. The van der Waals surface area contributed by atoms with Gasteiger partial charge in [0.2, 0.25) is 5.91 Å². The Morgan fingerprint density at radius 1 is 1.06 bits per heavy atom. The quantitative estimate of drug-likeness (QED) is 0.671. The van der Waals surface area contributed by atoms with Crippen LogP contribution < -0.4 is 5.32 Å². The Morgan fingerprint density at radius 3 is 2.65 bits per heavy atom. The van der Waals surface area contributed by atoms with Gasteiger partial charge in [-0.05, 0) is 36.5 Å². The van der Waals surface area contributed by atoms with Crippen LogP contribution in [0.1, 0.15) is 46.3 Å². The highest BCUT2D eigenvalue weighted by molar-refractivity contribution is 5.92. The molecule has 1 N–H and O–H groups in total. The van der Waals surface area contributed by atoms with Gasteiger partial charge in [-0.25, -0.2) is 4.98 Å². The van der Waals surface area contributed by atoms with Crippen LogP contribution in [0.25, 0.3) is 0 Å². The molecule has 2 amide bonds. The highest BCUT2D eigenvalue weighted by Gasteiger charge is 2.40. The van der Waals surface area contributed by atoms with Crippen molar-refractivity contribution in [2.75, 3.05) is 13.1 Å². The summed E-state index contributed by atoms with van der Waals surface area (Å²) < 4.78 is 2.02. The van der Waals surface area contributed by atoms with Gasteiger partial charge in [-0.3, -0.25) is 14.6 Å². The van der Waals surface area contributed by atoms with Crippen LogP contribution in [-0.4, -0.2) is 44.3 Å². The minimum Gasteiger partial charge on any atom is -0.350 e. The minimum absolute atomic E-state index is 0.142. The lowest BCUT2D eigenvalue weighted by Crippen LogP contribution is -2.43. The molecule has 3 heterocycles. The molecule has 1 fully saturated rings. The average Bonchev–Trinajstić information content (AvgIpc) is 3.57. The number of fused-ring (bicyclic) bond motifs is 1. The molecule has 1 unspecified atom stereocenters. The molecule has 3 aromatic rings. The summed E-state index contributed by atoms with van der Waals surface area (Å²) in [6.45, 7) is 1.79. The van der Waals surface area contributed by atoms with Crippen LogP contribution >= 0.6 is 0 Å². The van der Waals surface area contributed by atoms with E-state index in [4.69, 9.17) is 4.98 Å². The molecule has 31 heavy (non-hydrogen) atoms. The van der Waals surface area contributed by atoms with Gasteiger partial charge in [0, 0.05) is 44.1 Å². The first kappa shape index (κ1) is 19.5. The van der Waals surface area contributed by atoms with E-state index in [-0.39, 0.29) is 23.8 Å². The molecule has 0 spiro atoms. The van der Waals surface area contributed by atoms with Gasteiger partial charge in [-0.2, -0.15) is 0 Å². The summed E-state index contributed by atoms with van der Waals surface area (Å²) in [6.07, 6.45) is 7.99. The van der Waals surface area contributed by atoms with Crippen LogP contribution in [0.5, 0.6) is 0 Å². The molecule has 0 saturated heterocycles. The number of amides is 2. The van der Waals surface area contributed by atoms with Crippen LogP contribution in [0.2, 0.25) is 0 Å². The van der Waals surface area contributed by atoms with Crippen molar-refractivity contribution >= 4 is 11.8 Å². The molecule has 1 aromatic carbocycles. The van der Waals surface area contributed by atoms with Gasteiger partial charge >= 0.3 is 0 Å². The van der Waals surface area contributed by atoms with Gasteiger partial charge in [-0.15, -0.1) is 0 Å². The largest absolute Gasteiger partial charge is 0.350 e. The second kappa shape index (κ2) is 8.34. The smallest absolute Gasteiger partial charge is 0.271 e. The first-order valence-corrected chi connectivity index (χ1v) is 10.8. The Kier molecular flexibility index (Phi) is 5.24. The van der Waals surface area contributed by atoms with Crippen molar-refractivity contribution in [3.05, 3.63) is 83.7 Å². The summed E-state index contributed by atoms with van der Waals surface area (Å²) in [7, 11) is 0. The van der Waals surface area contributed by atoms with Gasteiger partial charge in [0.25, 0.3) is 5.91 Å². The fourth-order valence-corrected chi connectivity index (χ4v) is 4.14. The number of carbonyl (C=O) groups is 2. The van der Waals surface area contributed by atoms with Crippen molar-refractivity contribution in [3.8, 4) is 0 Å². The van der Waals surface area contributed by atoms with Gasteiger partial charge in [0.05, 0.1) is 0 Å². The lowest BCUT2D eigenvalue weighted by atomic mass is 10.0. The molecule has 0 radical (unpaired) electrons. The first-order valence-electron chi connectivity index (χ1n) is 10.8. The van der Waals surface area contributed by atoms with Gasteiger partial charge < -0.3 is 14.8 Å². The molecular formula is C24H25N5O2. The van der Waals surface area contributed by atoms with Crippen LogP contribution in [-0.2, 0) is 17.8 Å². The molecular weight excluding hydrogens is 390 g/mol. The van der Waals surface area contributed by atoms with E-state index in [1.54, 1.807) is 12.4 Å². The Bertz CT molecular complexity index is 1080. The van der Waals surface area contributed by atoms with E-state index in [0.29, 0.717) is 31.7 Å². The molecule has 158 valence electrons. The predicted molar refractivity (Wildman–Crippen MR) is 115 cm³/mol. The van der Waals surface area contributed by atoms with Crippen molar-refractivity contribution in [2.24, 2.45) is 5.92 Å². The molecule has 7 nitrogen and oxygen atoms in total. The third-order valence-corrected chi connectivity index (χ3v) is 5.93. The zero-order valence-electron chi connectivity index (χ0n) is 17.3. The maximum atomic E-state index is 13.0. The number of carbonyl (C=O) groups excluding carboxylic acids is 2. The lowest BCUT2D eigenvalue weighted by molar-refractivity contribution is -0.135. The van der Waals surface area contributed by atoms with Crippen molar-refractivity contribution in [1.82, 2.24) is 24.8 Å². The number of aromatic nitrogens is 3. The van der Waals surface area contributed by atoms with Gasteiger partial charge in [0.15, 0.2) is 0 Å². The fraction of sp³-hybridized carbons (Fsp3) is 0.333. The molecule has 1 aliphatic heterocycles. The second-order valence-electron chi connectivity index (χ2n) is 8.16. The lowest BCUT2D eigenvalue weighted by Gasteiger charge is -2.36. The summed E-state index contributed by atoms with van der Waals surface area (Å²) in [4.78, 5) is 36.5. The number of nitrogens with zero attached hydrogens (tertiary/aromatic N) is 4. The second-order valence-corrected chi connectivity index (χ2v) is 8.16. The van der Waals surface area contributed by atoms with E-state index < -0.39 is 0 Å². The summed E-state index contributed by atoms with van der Waals surface area (Å²) >= 11 is 0. The zero-order valence-corrected chi connectivity index (χ0v) is 17.3. The maximum absolute atomic E-state index is 13.0. The number of nitrogens with one attached hydrogen (secondary N) is 1. The summed E-state index contributed by atoms with van der Waals surface area (Å²) in [5, 5.41) is 2.95. The molecule has 2 aliphatic rings. The summed E-state index contributed by atoms with van der Waals surface area (Å²) in [5.74, 6) is 0.898. The number of pyridine rings is 1. The van der Waals surface area contributed by atoms with Crippen LogP contribution in [0.4, 0.5) is 0 Å². The third kappa shape index (κ3) is 4.08. The average molecular weight is 415 g/mol.